The fourth-order valence-corrected chi connectivity index (χ4v) is 1.31. The molecule has 1 heteroatoms. The molecule has 0 aromatic rings. The zero-order valence-electron chi connectivity index (χ0n) is 8.65. The second-order valence-electron chi connectivity index (χ2n) is 3.79. The second-order valence-corrected chi connectivity index (χ2v) is 3.79. The molecule has 0 aliphatic heterocycles. The van der Waals surface area contributed by atoms with E-state index in [2.05, 4.69) is 33.0 Å². The van der Waals surface area contributed by atoms with E-state index in [-0.39, 0.29) is 0 Å². The van der Waals surface area contributed by atoms with E-state index < -0.39 is 0 Å². The van der Waals surface area contributed by atoms with Gasteiger partial charge in [0.05, 0.1) is 0 Å². The molecular formula is C10H23N. The van der Waals surface area contributed by atoms with E-state index in [0.29, 0.717) is 6.04 Å². The van der Waals surface area contributed by atoms with Crippen molar-refractivity contribution in [3.05, 3.63) is 0 Å². The molecule has 0 aliphatic rings. The summed E-state index contributed by atoms with van der Waals surface area (Å²) in [5.41, 5.74) is 0. The monoisotopic (exact) mass is 157 g/mol. The molecule has 0 fully saturated rings. The number of hydrogen-bond donors (Lipinski definition) is 1. The number of rotatable bonds is 5. The summed E-state index contributed by atoms with van der Waals surface area (Å²) in [6.07, 6.45) is 2.60. The lowest BCUT2D eigenvalue weighted by molar-refractivity contribution is 0.322. The minimum absolute atomic E-state index is 0.666. The maximum Gasteiger partial charge on any atom is 0.00383 e. The van der Waals surface area contributed by atoms with E-state index in [4.69, 9.17) is 0 Å². The van der Waals surface area contributed by atoms with Crippen LogP contribution in [0.15, 0.2) is 0 Å². The molecule has 3 atom stereocenters. The first-order valence-corrected chi connectivity index (χ1v) is 4.79. The fourth-order valence-electron chi connectivity index (χ4n) is 1.31. The first kappa shape index (κ1) is 11.0. The Morgan fingerprint density at radius 3 is 2.00 bits per heavy atom. The summed E-state index contributed by atoms with van der Waals surface area (Å²) in [5.74, 6) is 1.72. The zero-order valence-corrected chi connectivity index (χ0v) is 8.65. The molecule has 0 saturated heterocycles. The Balaban J connectivity index is 3.58. The SMILES string of the molecule is CCC(C)C(C)CC(C)NC. The summed E-state index contributed by atoms with van der Waals surface area (Å²) in [6.45, 7) is 9.21. The molecule has 68 valence electrons. The van der Waals surface area contributed by atoms with E-state index in [1.54, 1.807) is 0 Å². The molecule has 0 spiro atoms. The zero-order chi connectivity index (χ0) is 8.85. The average Bonchev–Trinajstić information content (AvgIpc) is 2.02. The van der Waals surface area contributed by atoms with E-state index >= 15 is 0 Å². The Labute approximate surface area is 71.6 Å². The molecule has 0 saturated carbocycles. The lowest BCUT2D eigenvalue weighted by Gasteiger charge is -2.21. The van der Waals surface area contributed by atoms with E-state index in [9.17, 15) is 0 Å². The molecule has 1 nitrogen and oxygen atoms in total. The van der Waals surface area contributed by atoms with Crippen LogP contribution in [-0.4, -0.2) is 13.1 Å². The first-order valence-electron chi connectivity index (χ1n) is 4.79. The lowest BCUT2D eigenvalue weighted by atomic mass is 9.88. The molecule has 3 unspecified atom stereocenters. The molecule has 0 aromatic carbocycles. The average molecular weight is 157 g/mol. The largest absolute Gasteiger partial charge is 0.317 e. The third-order valence-corrected chi connectivity index (χ3v) is 2.83. The van der Waals surface area contributed by atoms with Crippen LogP contribution in [0, 0.1) is 11.8 Å². The van der Waals surface area contributed by atoms with Crippen molar-refractivity contribution in [2.45, 2.75) is 46.6 Å². The highest BCUT2D eigenvalue weighted by Crippen LogP contribution is 2.19. The van der Waals surface area contributed by atoms with Gasteiger partial charge in [0.25, 0.3) is 0 Å². The minimum Gasteiger partial charge on any atom is -0.317 e. The van der Waals surface area contributed by atoms with Crippen molar-refractivity contribution in [2.24, 2.45) is 11.8 Å². The van der Waals surface area contributed by atoms with Gasteiger partial charge >= 0.3 is 0 Å². The molecular weight excluding hydrogens is 134 g/mol. The maximum absolute atomic E-state index is 3.27. The van der Waals surface area contributed by atoms with Crippen molar-refractivity contribution < 1.29 is 0 Å². The van der Waals surface area contributed by atoms with Gasteiger partial charge in [-0.2, -0.15) is 0 Å². The van der Waals surface area contributed by atoms with Crippen LogP contribution in [0.5, 0.6) is 0 Å². The summed E-state index contributed by atoms with van der Waals surface area (Å²) < 4.78 is 0. The number of nitrogens with one attached hydrogen (secondary N) is 1. The highest BCUT2D eigenvalue weighted by molar-refractivity contribution is 4.66. The molecule has 0 aliphatic carbocycles. The summed E-state index contributed by atoms with van der Waals surface area (Å²) in [4.78, 5) is 0. The Bertz CT molecular complexity index is 90.9. The van der Waals surface area contributed by atoms with Gasteiger partial charge in [-0.3, -0.25) is 0 Å². The third kappa shape index (κ3) is 4.41. The van der Waals surface area contributed by atoms with Gasteiger partial charge in [0.15, 0.2) is 0 Å². The smallest absolute Gasteiger partial charge is 0.00383 e. The molecule has 0 bridgehead atoms. The normalized spacial score (nSPS) is 19.4. The van der Waals surface area contributed by atoms with Gasteiger partial charge < -0.3 is 5.32 Å². The predicted octanol–water partition coefficient (Wildman–Crippen LogP) is 2.67. The molecule has 1 N–H and O–H groups in total. The quantitative estimate of drug-likeness (QED) is 0.647. The molecule has 0 aromatic heterocycles. The van der Waals surface area contributed by atoms with Gasteiger partial charge in [0, 0.05) is 6.04 Å². The van der Waals surface area contributed by atoms with Crippen molar-refractivity contribution in [2.75, 3.05) is 7.05 Å². The van der Waals surface area contributed by atoms with Crippen LogP contribution < -0.4 is 5.32 Å². The van der Waals surface area contributed by atoms with Crippen LogP contribution in [0.4, 0.5) is 0 Å². The third-order valence-electron chi connectivity index (χ3n) is 2.83. The Hall–Kier alpha value is -0.0400. The van der Waals surface area contributed by atoms with Crippen molar-refractivity contribution >= 4 is 0 Å². The van der Waals surface area contributed by atoms with E-state index in [1.165, 1.54) is 12.8 Å². The summed E-state index contributed by atoms with van der Waals surface area (Å²) >= 11 is 0. The van der Waals surface area contributed by atoms with Gasteiger partial charge in [0.2, 0.25) is 0 Å². The topological polar surface area (TPSA) is 12.0 Å². The summed E-state index contributed by atoms with van der Waals surface area (Å²) in [7, 11) is 2.04. The van der Waals surface area contributed by atoms with Crippen LogP contribution in [0.3, 0.4) is 0 Å². The Kier molecular flexibility index (Phi) is 5.57. The molecule has 0 heterocycles. The van der Waals surface area contributed by atoms with Crippen LogP contribution in [0.2, 0.25) is 0 Å². The van der Waals surface area contributed by atoms with Crippen molar-refractivity contribution in [3.63, 3.8) is 0 Å². The Morgan fingerprint density at radius 2 is 1.64 bits per heavy atom. The van der Waals surface area contributed by atoms with Crippen LogP contribution in [0.25, 0.3) is 0 Å². The minimum atomic E-state index is 0.666. The summed E-state index contributed by atoms with van der Waals surface area (Å²) in [6, 6.07) is 0.666. The van der Waals surface area contributed by atoms with Gasteiger partial charge in [-0.15, -0.1) is 0 Å². The lowest BCUT2D eigenvalue weighted by Crippen LogP contribution is -2.25. The van der Waals surface area contributed by atoms with Gasteiger partial charge in [-0.05, 0) is 32.2 Å². The fraction of sp³-hybridized carbons (Fsp3) is 1.00. The van der Waals surface area contributed by atoms with Gasteiger partial charge in [-0.25, -0.2) is 0 Å². The van der Waals surface area contributed by atoms with Crippen molar-refractivity contribution in [1.29, 1.82) is 0 Å². The predicted molar refractivity (Wildman–Crippen MR) is 51.8 cm³/mol. The maximum atomic E-state index is 3.27. The van der Waals surface area contributed by atoms with Gasteiger partial charge in [0.1, 0.15) is 0 Å². The molecule has 0 amide bonds. The summed E-state index contributed by atoms with van der Waals surface area (Å²) in [5, 5.41) is 3.27. The Morgan fingerprint density at radius 1 is 1.09 bits per heavy atom. The number of hydrogen-bond acceptors (Lipinski definition) is 1. The van der Waals surface area contributed by atoms with Crippen LogP contribution in [-0.2, 0) is 0 Å². The highest BCUT2D eigenvalue weighted by Gasteiger charge is 2.12. The first-order chi connectivity index (χ1) is 5.11. The highest BCUT2D eigenvalue weighted by atomic mass is 14.8. The van der Waals surface area contributed by atoms with Crippen molar-refractivity contribution in [1.82, 2.24) is 5.32 Å². The van der Waals surface area contributed by atoms with Crippen LogP contribution >= 0.6 is 0 Å². The van der Waals surface area contributed by atoms with Gasteiger partial charge in [-0.1, -0.05) is 27.2 Å². The van der Waals surface area contributed by atoms with E-state index in [0.717, 1.165) is 11.8 Å². The molecule has 11 heavy (non-hydrogen) atoms. The molecule has 0 rings (SSSR count). The van der Waals surface area contributed by atoms with Crippen molar-refractivity contribution in [3.8, 4) is 0 Å². The second kappa shape index (κ2) is 5.59. The van der Waals surface area contributed by atoms with E-state index in [1.807, 2.05) is 7.05 Å². The van der Waals surface area contributed by atoms with Crippen LogP contribution in [0.1, 0.15) is 40.5 Å². The molecule has 0 radical (unpaired) electrons. The standard InChI is InChI=1S/C10H23N/c1-6-8(2)9(3)7-10(4)11-5/h8-11H,6-7H2,1-5H3.